The molecule has 0 radical (unpaired) electrons. The molecule has 0 saturated carbocycles. The Morgan fingerprint density at radius 1 is 1.05 bits per heavy atom. The van der Waals surface area contributed by atoms with Crippen molar-refractivity contribution in [2.24, 2.45) is 0 Å². The number of allylic oxidation sites excluding steroid dienone is 3. The van der Waals surface area contributed by atoms with Crippen LogP contribution in [0.25, 0.3) is 11.4 Å². The molecule has 198 valence electrons. The van der Waals surface area contributed by atoms with Gasteiger partial charge in [-0.1, -0.05) is 19.9 Å². The molecule has 0 bridgehead atoms. The topological polar surface area (TPSA) is 71.5 Å². The van der Waals surface area contributed by atoms with E-state index < -0.39 is 17.9 Å². The van der Waals surface area contributed by atoms with Crippen LogP contribution in [0.5, 0.6) is 0 Å². The molecule has 0 unspecified atom stereocenters. The summed E-state index contributed by atoms with van der Waals surface area (Å²) >= 11 is 0. The zero-order valence-corrected chi connectivity index (χ0v) is 21.4. The van der Waals surface area contributed by atoms with Gasteiger partial charge in [0.15, 0.2) is 17.4 Å². The Labute approximate surface area is 215 Å². The Kier molecular flexibility index (Phi) is 8.45. The first-order valence-electron chi connectivity index (χ1n) is 12.8. The maximum atomic E-state index is 14.0. The van der Waals surface area contributed by atoms with E-state index in [1.54, 1.807) is 17.0 Å². The number of hydrogen-bond donors (Lipinski definition) is 0. The quantitative estimate of drug-likeness (QED) is 0.530. The summed E-state index contributed by atoms with van der Waals surface area (Å²) in [5, 5.41) is 0. The molecule has 1 fully saturated rings. The number of aromatic nitrogens is 3. The number of fused-ring (bicyclic) bond motifs is 1. The van der Waals surface area contributed by atoms with Crippen molar-refractivity contribution in [2.45, 2.75) is 65.3 Å². The number of carbonyl (C=O) groups is 1. The van der Waals surface area contributed by atoms with Crippen molar-refractivity contribution in [3.63, 3.8) is 0 Å². The van der Waals surface area contributed by atoms with E-state index in [0.717, 1.165) is 11.8 Å². The molecule has 1 saturated heterocycles. The highest BCUT2D eigenvalue weighted by Gasteiger charge is 2.29. The summed E-state index contributed by atoms with van der Waals surface area (Å²) in [6.45, 7) is 7.59. The molecule has 3 aliphatic rings. The average molecular weight is 516 g/mol. The first-order chi connectivity index (χ1) is 17.9. The molecule has 2 aliphatic heterocycles. The van der Waals surface area contributed by atoms with Crippen LogP contribution in [0.4, 0.5) is 19.0 Å². The van der Waals surface area contributed by atoms with Gasteiger partial charge in [-0.3, -0.25) is 4.79 Å². The summed E-state index contributed by atoms with van der Waals surface area (Å²) in [7, 11) is 0. The number of ether oxygens (including phenoxy) is 1. The number of pyridine rings is 1. The molecule has 0 aromatic carbocycles. The Morgan fingerprint density at radius 2 is 1.81 bits per heavy atom. The maximum absolute atomic E-state index is 14.0. The third kappa shape index (κ3) is 6.11. The maximum Gasteiger partial charge on any atom is 0.219 e. The summed E-state index contributed by atoms with van der Waals surface area (Å²) in [6, 6.07) is 4.54. The summed E-state index contributed by atoms with van der Waals surface area (Å²) in [5.74, 6) is -0.594. The largest absolute Gasteiger partial charge is 0.488 e. The van der Waals surface area contributed by atoms with Gasteiger partial charge < -0.3 is 14.5 Å². The highest BCUT2D eigenvalue weighted by Crippen LogP contribution is 2.33. The van der Waals surface area contributed by atoms with Crippen LogP contribution in [0.1, 0.15) is 51.4 Å². The lowest BCUT2D eigenvalue weighted by Gasteiger charge is -2.35. The average Bonchev–Trinajstić information content (AvgIpc) is 2.91. The smallest absolute Gasteiger partial charge is 0.219 e. The molecule has 10 heteroatoms. The van der Waals surface area contributed by atoms with E-state index in [1.165, 1.54) is 19.1 Å². The number of hydrogen-bond acceptors (Lipinski definition) is 6. The predicted octanol–water partition coefficient (Wildman–Crippen LogP) is 5.07. The zero-order valence-electron chi connectivity index (χ0n) is 21.4. The Hall–Kier alpha value is -3.43. The minimum absolute atomic E-state index is 0.0320. The third-order valence-electron chi connectivity index (χ3n) is 6.52. The van der Waals surface area contributed by atoms with Crippen LogP contribution in [0, 0.1) is 5.95 Å². The number of halogens is 3. The molecule has 0 spiro atoms. The Bertz CT molecular complexity index is 1190. The number of amides is 1. The molecule has 1 amide bonds. The van der Waals surface area contributed by atoms with Gasteiger partial charge in [0.1, 0.15) is 18.0 Å². The summed E-state index contributed by atoms with van der Waals surface area (Å²) < 4.78 is 47.1. The second-order valence-corrected chi connectivity index (χ2v) is 8.96. The molecule has 5 rings (SSSR count). The minimum atomic E-state index is -1.32. The fourth-order valence-electron chi connectivity index (χ4n) is 4.62. The number of piperidine rings is 1. The van der Waals surface area contributed by atoms with Gasteiger partial charge in [0.05, 0.1) is 23.6 Å². The van der Waals surface area contributed by atoms with Gasteiger partial charge >= 0.3 is 0 Å². The van der Waals surface area contributed by atoms with E-state index in [4.69, 9.17) is 14.7 Å². The fourth-order valence-corrected chi connectivity index (χ4v) is 4.62. The number of alkyl halides is 1. The van der Waals surface area contributed by atoms with Crippen LogP contribution in [0.15, 0.2) is 41.9 Å². The van der Waals surface area contributed by atoms with Gasteiger partial charge in [-0.15, -0.1) is 0 Å². The van der Waals surface area contributed by atoms with Crippen molar-refractivity contribution < 1.29 is 22.7 Å². The minimum Gasteiger partial charge on any atom is -0.488 e. The number of carbonyl (C=O) groups excluding carboxylic acids is 1. The number of rotatable bonds is 4. The Morgan fingerprint density at radius 3 is 2.49 bits per heavy atom. The fraction of sp³-hybridized carbons (Fsp3) is 0.481. The van der Waals surface area contributed by atoms with Crippen LogP contribution >= 0.6 is 0 Å². The van der Waals surface area contributed by atoms with Crippen molar-refractivity contribution in [3.8, 4) is 11.4 Å². The van der Waals surface area contributed by atoms with Crippen molar-refractivity contribution in [1.29, 1.82) is 0 Å². The zero-order chi connectivity index (χ0) is 26.5. The molecule has 4 heterocycles. The van der Waals surface area contributed by atoms with Gasteiger partial charge in [0, 0.05) is 52.2 Å². The second kappa shape index (κ2) is 11.7. The van der Waals surface area contributed by atoms with Crippen LogP contribution in [-0.4, -0.2) is 57.7 Å². The highest BCUT2D eigenvalue weighted by atomic mass is 19.1. The van der Waals surface area contributed by atoms with Gasteiger partial charge in [-0.25, -0.2) is 23.7 Å². The molecule has 7 nitrogen and oxygen atoms in total. The lowest BCUT2D eigenvalue weighted by Crippen LogP contribution is -2.39. The van der Waals surface area contributed by atoms with E-state index in [9.17, 15) is 18.0 Å². The molecular formula is C27H32F3N5O2. The normalized spacial score (nSPS) is 19.8. The van der Waals surface area contributed by atoms with Gasteiger partial charge in [-0.2, -0.15) is 4.39 Å². The van der Waals surface area contributed by atoms with Gasteiger partial charge in [-0.05, 0) is 24.3 Å². The number of nitrogens with zero attached hydrogens (tertiary/aromatic N) is 5. The van der Waals surface area contributed by atoms with Crippen molar-refractivity contribution in [1.82, 2.24) is 19.9 Å². The van der Waals surface area contributed by atoms with Crippen molar-refractivity contribution in [2.75, 3.05) is 24.5 Å². The monoisotopic (exact) mass is 515 g/mol. The van der Waals surface area contributed by atoms with Crippen LogP contribution < -0.4 is 4.90 Å². The van der Waals surface area contributed by atoms with E-state index in [0.29, 0.717) is 68.3 Å². The lowest BCUT2D eigenvalue weighted by atomic mass is 10.1. The molecule has 1 aliphatic carbocycles. The predicted molar refractivity (Wildman–Crippen MR) is 134 cm³/mol. The first-order valence-corrected chi connectivity index (χ1v) is 12.8. The van der Waals surface area contributed by atoms with Crippen LogP contribution in [0.2, 0.25) is 0 Å². The summed E-state index contributed by atoms with van der Waals surface area (Å²) in [4.78, 5) is 29.4. The van der Waals surface area contributed by atoms with Crippen molar-refractivity contribution >= 4 is 11.7 Å². The molecule has 0 N–H and O–H groups in total. The van der Waals surface area contributed by atoms with Crippen LogP contribution in [0.3, 0.4) is 0 Å². The first kappa shape index (κ1) is 26.6. The standard InChI is InChI=1S/C25H26F3N5O2.C2H6/c1-15(34)33-12-9-19-21(14-33)30-24(20-3-2-4-23(28)29-20)25(31-19)32-10-7-17(8-11-32)35-22-6-5-16(26)13-18(22)27;1-2/h2-4,6,13,16-17H,5,7-12,14H2,1H3;1-2H3/t16-;/m1./s1. The second-order valence-electron chi connectivity index (χ2n) is 8.96. The van der Waals surface area contributed by atoms with Crippen LogP contribution in [-0.2, 0) is 22.5 Å². The molecule has 1 atom stereocenters. The van der Waals surface area contributed by atoms with Crippen molar-refractivity contribution in [3.05, 3.63) is 59.3 Å². The van der Waals surface area contributed by atoms with E-state index in [1.807, 2.05) is 13.8 Å². The van der Waals surface area contributed by atoms with E-state index in [2.05, 4.69) is 9.88 Å². The number of anilines is 1. The molecule has 2 aromatic heterocycles. The third-order valence-corrected chi connectivity index (χ3v) is 6.52. The SMILES string of the molecule is CC.CC(=O)N1CCc2nc(N3CCC(OC4=CC[C@@H](F)C=C4F)CC3)c(-c3cccc(F)n3)nc2C1. The summed E-state index contributed by atoms with van der Waals surface area (Å²) in [5.41, 5.74) is 2.34. The summed E-state index contributed by atoms with van der Waals surface area (Å²) in [6.07, 6.45) is 2.78. The van der Waals surface area contributed by atoms with Gasteiger partial charge in [0.2, 0.25) is 11.9 Å². The molecule has 37 heavy (non-hydrogen) atoms. The van der Waals surface area contributed by atoms with E-state index in [-0.39, 0.29) is 24.2 Å². The Balaban J connectivity index is 0.00000156. The molecule has 2 aromatic rings. The van der Waals surface area contributed by atoms with E-state index >= 15 is 0 Å². The highest BCUT2D eigenvalue weighted by molar-refractivity contribution is 5.74. The van der Waals surface area contributed by atoms with Gasteiger partial charge in [0.25, 0.3) is 0 Å². The lowest BCUT2D eigenvalue weighted by molar-refractivity contribution is -0.129. The molecular weight excluding hydrogens is 483 g/mol.